The number of nitrogens with zero attached hydrogens (tertiary/aromatic N) is 3. The minimum atomic E-state index is -0.346. The molecule has 162 valence electrons. The van der Waals surface area contributed by atoms with E-state index in [1.54, 1.807) is 11.2 Å². The predicted octanol–water partition coefficient (Wildman–Crippen LogP) is 2.62. The minimum Gasteiger partial charge on any atom is -0.468 e. The zero-order valence-electron chi connectivity index (χ0n) is 18.2. The lowest BCUT2D eigenvalue weighted by molar-refractivity contribution is -0.138. The molecule has 1 atom stereocenters. The van der Waals surface area contributed by atoms with Crippen LogP contribution in [0.3, 0.4) is 0 Å². The molecule has 2 N–H and O–H groups in total. The fourth-order valence-corrected chi connectivity index (χ4v) is 4.67. The van der Waals surface area contributed by atoms with E-state index in [0.717, 1.165) is 63.6 Å². The van der Waals surface area contributed by atoms with Gasteiger partial charge in [-0.3, -0.25) is 14.7 Å². The lowest BCUT2D eigenvalue weighted by Gasteiger charge is -2.30. The number of furan rings is 1. The average molecular weight is 404 g/mol. The van der Waals surface area contributed by atoms with Crippen molar-refractivity contribution in [3.8, 4) is 0 Å². The highest BCUT2D eigenvalue weighted by Crippen LogP contribution is 2.39. The number of rotatable bonds is 8. The van der Waals surface area contributed by atoms with Crippen LogP contribution in [0.25, 0.3) is 0 Å². The molecule has 1 saturated carbocycles. The fraction of sp³-hybridized carbons (Fsp3) is 0.727. The first kappa shape index (κ1) is 21.7. The molecule has 0 spiro atoms. The van der Waals surface area contributed by atoms with Crippen LogP contribution >= 0.6 is 0 Å². The van der Waals surface area contributed by atoms with E-state index in [-0.39, 0.29) is 17.4 Å². The highest BCUT2D eigenvalue weighted by molar-refractivity contribution is 5.84. The van der Waals surface area contributed by atoms with Crippen LogP contribution < -0.4 is 10.6 Å². The molecule has 0 aromatic carbocycles. The Hall–Kier alpha value is -2.02. The number of amides is 1. The molecule has 2 fully saturated rings. The first-order valence-corrected chi connectivity index (χ1v) is 11.1. The van der Waals surface area contributed by atoms with E-state index >= 15 is 0 Å². The number of nitrogens with one attached hydrogen (secondary N) is 2. The van der Waals surface area contributed by atoms with Gasteiger partial charge in [-0.25, -0.2) is 0 Å². The van der Waals surface area contributed by atoms with Gasteiger partial charge < -0.3 is 20.0 Å². The monoisotopic (exact) mass is 403 g/mol. The normalized spacial score (nSPS) is 20.6. The van der Waals surface area contributed by atoms with Crippen LogP contribution in [-0.4, -0.2) is 68.5 Å². The third kappa shape index (κ3) is 5.32. The van der Waals surface area contributed by atoms with Crippen LogP contribution in [-0.2, 0) is 4.79 Å². The topological polar surface area (TPSA) is 73.1 Å². The van der Waals surface area contributed by atoms with Crippen molar-refractivity contribution in [2.75, 3.05) is 46.8 Å². The summed E-state index contributed by atoms with van der Waals surface area (Å²) in [5, 5.41) is 6.86. The minimum absolute atomic E-state index is 0.195. The summed E-state index contributed by atoms with van der Waals surface area (Å²) in [5.41, 5.74) is -0.346. The van der Waals surface area contributed by atoms with Crippen molar-refractivity contribution in [1.82, 2.24) is 20.4 Å². The van der Waals surface area contributed by atoms with Crippen LogP contribution in [0.15, 0.2) is 27.8 Å². The Labute approximate surface area is 174 Å². The number of aliphatic imine (C=N–C) groups is 1. The molecule has 1 aromatic heterocycles. The van der Waals surface area contributed by atoms with Gasteiger partial charge >= 0.3 is 0 Å². The standard InChI is InChI=1S/C22H37N5O2/c1-4-23-21(25-17-22(11-5-6-12-22)20(28)26(2)3)24-16-18(19-10-9-15-29-19)27-13-7-8-14-27/h9-10,15,18H,4-8,11-14,16-17H2,1-3H3,(H2,23,24,25). The Morgan fingerprint density at radius 1 is 1.24 bits per heavy atom. The van der Waals surface area contributed by atoms with Crippen LogP contribution in [0.4, 0.5) is 0 Å². The van der Waals surface area contributed by atoms with Gasteiger partial charge in [0.05, 0.1) is 24.3 Å². The molecule has 0 bridgehead atoms. The SMILES string of the molecule is CCNC(=NCC1(C(=O)N(C)C)CCCC1)NCC(c1ccco1)N1CCCC1. The lowest BCUT2D eigenvalue weighted by atomic mass is 9.85. The molecule has 1 aliphatic carbocycles. The van der Waals surface area contributed by atoms with Gasteiger partial charge in [-0.05, 0) is 57.8 Å². The van der Waals surface area contributed by atoms with Crippen molar-refractivity contribution < 1.29 is 9.21 Å². The van der Waals surface area contributed by atoms with Gasteiger partial charge in [0, 0.05) is 27.2 Å². The zero-order chi connectivity index (χ0) is 20.7. The molecule has 2 heterocycles. The summed E-state index contributed by atoms with van der Waals surface area (Å²) >= 11 is 0. The van der Waals surface area contributed by atoms with Gasteiger partial charge in [-0.15, -0.1) is 0 Å². The van der Waals surface area contributed by atoms with Crippen molar-refractivity contribution in [3.05, 3.63) is 24.2 Å². The molecule has 7 heteroatoms. The molecule has 3 rings (SSSR count). The van der Waals surface area contributed by atoms with Crippen LogP contribution in [0.1, 0.15) is 57.3 Å². The van der Waals surface area contributed by atoms with Gasteiger partial charge in [0.2, 0.25) is 5.91 Å². The number of carbonyl (C=O) groups excluding carboxylic acids is 1. The molecular weight excluding hydrogens is 366 g/mol. The Morgan fingerprint density at radius 3 is 2.55 bits per heavy atom. The van der Waals surface area contributed by atoms with E-state index in [4.69, 9.17) is 9.41 Å². The van der Waals surface area contributed by atoms with E-state index in [9.17, 15) is 4.79 Å². The summed E-state index contributed by atoms with van der Waals surface area (Å²) in [7, 11) is 3.69. The predicted molar refractivity (Wildman–Crippen MR) is 116 cm³/mol. The van der Waals surface area contributed by atoms with Gasteiger partial charge in [0.1, 0.15) is 5.76 Å². The number of likely N-dealkylation sites (tertiary alicyclic amines) is 1. The van der Waals surface area contributed by atoms with Gasteiger partial charge in [0.15, 0.2) is 5.96 Å². The molecular formula is C22H37N5O2. The van der Waals surface area contributed by atoms with Crippen LogP contribution in [0, 0.1) is 5.41 Å². The van der Waals surface area contributed by atoms with Crippen molar-refractivity contribution in [2.24, 2.45) is 10.4 Å². The first-order chi connectivity index (χ1) is 14.1. The fourth-order valence-electron chi connectivity index (χ4n) is 4.67. The summed E-state index contributed by atoms with van der Waals surface area (Å²) < 4.78 is 5.72. The smallest absolute Gasteiger partial charge is 0.230 e. The first-order valence-electron chi connectivity index (χ1n) is 11.1. The lowest BCUT2D eigenvalue weighted by Crippen LogP contribution is -2.45. The second-order valence-corrected chi connectivity index (χ2v) is 8.54. The Balaban J connectivity index is 1.68. The molecule has 1 unspecified atom stereocenters. The molecule has 2 aliphatic rings. The summed E-state index contributed by atoms with van der Waals surface area (Å²) in [6, 6.07) is 4.20. The molecule has 1 aromatic rings. The summed E-state index contributed by atoms with van der Waals surface area (Å²) in [5.74, 6) is 1.98. The largest absolute Gasteiger partial charge is 0.468 e. The van der Waals surface area contributed by atoms with E-state index in [1.165, 1.54) is 12.8 Å². The zero-order valence-corrected chi connectivity index (χ0v) is 18.2. The quantitative estimate of drug-likeness (QED) is 0.516. The molecule has 1 aliphatic heterocycles. The maximum Gasteiger partial charge on any atom is 0.230 e. The highest BCUT2D eigenvalue weighted by atomic mass is 16.3. The van der Waals surface area contributed by atoms with Gasteiger partial charge in [-0.1, -0.05) is 12.8 Å². The van der Waals surface area contributed by atoms with Crippen LogP contribution in [0.2, 0.25) is 0 Å². The van der Waals surface area contributed by atoms with Crippen LogP contribution in [0.5, 0.6) is 0 Å². The second-order valence-electron chi connectivity index (χ2n) is 8.54. The number of hydrogen-bond acceptors (Lipinski definition) is 4. The number of carbonyl (C=O) groups is 1. The third-order valence-electron chi connectivity index (χ3n) is 6.22. The van der Waals surface area contributed by atoms with E-state index < -0.39 is 0 Å². The maximum atomic E-state index is 12.8. The van der Waals surface area contributed by atoms with Gasteiger partial charge in [0.25, 0.3) is 0 Å². The molecule has 0 radical (unpaired) electrons. The molecule has 29 heavy (non-hydrogen) atoms. The second kappa shape index (κ2) is 10.1. The Morgan fingerprint density at radius 2 is 1.97 bits per heavy atom. The Kier molecular flexibility index (Phi) is 7.58. The van der Waals surface area contributed by atoms with Crippen molar-refractivity contribution >= 4 is 11.9 Å². The number of guanidine groups is 1. The van der Waals surface area contributed by atoms with Crippen molar-refractivity contribution in [2.45, 2.75) is 51.5 Å². The summed E-state index contributed by atoms with van der Waals surface area (Å²) in [6.07, 6.45) is 8.28. The summed E-state index contributed by atoms with van der Waals surface area (Å²) in [4.78, 5) is 21.9. The maximum absolute atomic E-state index is 12.8. The van der Waals surface area contributed by atoms with E-state index in [1.807, 2.05) is 20.2 Å². The number of hydrogen-bond donors (Lipinski definition) is 2. The molecule has 1 amide bonds. The highest BCUT2D eigenvalue weighted by Gasteiger charge is 2.42. The van der Waals surface area contributed by atoms with Crippen molar-refractivity contribution in [3.63, 3.8) is 0 Å². The molecule has 1 saturated heterocycles. The third-order valence-corrected chi connectivity index (χ3v) is 6.22. The molecule has 7 nitrogen and oxygen atoms in total. The van der Waals surface area contributed by atoms with Crippen molar-refractivity contribution in [1.29, 1.82) is 0 Å². The summed E-state index contributed by atoms with van der Waals surface area (Å²) in [6.45, 7) is 6.32. The van der Waals surface area contributed by atoms with E-state index in [0.29, 0.717) is 6.54 Å². The Bertz CT molecular complexity index is 659. The average Bonchev–Trinajstić information content (AvgIpc) is 3.49. The van der Waals surface area contributed by atoms with E-state index in [2.05, 4.69) is 28.5 Å². The van der Waals surface area contributed by atoms with Gasteiger partial charge in [-0.2, -0.15) is 0 Å².